The van der Waals surface area contributed by atoms with Crippen LogP contribution in [0.2, 0.25) is 0 Å². The number of H-pyrrole nitrogens is 1. The Hall–Kier alpha value is -1.69. The number of imide groups is 1. The minimum absolute atomic E-state index is 0.195. The maximum atomic E-state index is 11.8. The van der Waals surface area contributed by atoms with Crippen molar-refractivity contribution in [2.45, 2.75) is 18.8 Å². The van der Waals surface area contributed by atoms with Crippen molar-refractivity contribution < 1.29 is 9.59 Å². The Morgan fingerprint density at radius 1 is 1.33 bits per heavy atom. The highest BCUT2D eigenvalue weighted by molar-refractivity contribution is 9.10. The van der Waals surface area contributed by atoms with Gasteiger partial charge in [-0.3, -0.25) is 20.0 Å². The number of aromatic amines is 1. The van der Waals surface area contributed by atoms with Crippen molar-refractivity contribution in [1.82, 2.24) is 15.5 Å². The number of carbonyl (C=O) groups excluding carboxylic acids is 2. The van der Waals surface area contributed by atoms with Crippen LogP contribution < -0.4 is 5.32 Å². The van der Waals surface area contributed by atoms with Crippen LogP contribution in [0, 0.1) is 0 Å². The van der Waals surface area contributed by atoms with E-state index in [4.69, 9.17) is 0 Å². The van der Waals surface area contributed by atoms with Crippen molar-refractivity contribution >= 4 is 38.6 Å². The maximum Gasteiger partial charge on any atom is 0.234 e. The van der Waals surface area contributed by atoms with Crippen LogP contribution >= 0.6 is 15.9 Å². The van der Waals surface area contributed by atoms with E-state index in [0.29, 0.717) is 12.8 Å². The Morgan fingerprint density at radius 2 is 2.17 bits per heavy atom. The van der Waals surface area contributed by atoms with Gasteiger partial charge in [-0.05, 0) is 40.0 Å². The Labute approximate surface area is 111 Å². The minimum Gasteiger partial charge on any atom is -0.296 e. The zero-order valence-electron chi connectivity index (χ0n) is 9.37. The van der Waals surface area contributed by atoms with Gasteiger partial charge >= 0.3 is 0 Å². The summed E-state index contributed by atoms with van der Waals surface area (Å²) in [5, 5.41) is 10.2. The average molecular weight is 308 g/mol. The van der Waals surface area contributed by atoms with Crippen molar-refractivity contribution in [2.75, 3.05) is 0 Å². The molecule has 1 aromatic heterocycles. The van der Waals surface area contributed by atoms with E-state index in [0.717, 1.165) is 20.9 Å². The number of carbonyl (C=O) groups is 2. The van der Waals surface area contributed by atoms with Gasteiger partial charge in [0.25, 0.3) is 0 Å². The highest BCUT2D eigenvalue weighted by atomic mass is 79.9. The van der Waals surface area contributed by atoms with Crippen LogP contribution in [0.3, 0.4) is 0 Å². The van der Waals surface area contributed by atoms with Gasteiger partial charge in [-0.15, -0.1) is 0 Å². The number of hydrogen-bond acceptors (Lipinski definition) is 3. The quantitative estimate of drug-likeness (QED) is 0.790. The zero-order chi connectivity index (χ0) is 12.7. The van der Waals surface area contributed by atoms with Gasteiger partial charge in [0.15, 0.2) is 0 Å². The third kappa shape index (κ3) is 1.82. The summed E-state index contributed by atoms with van der Waals surface area (Å²) in [6, 6.07) is 3.84. The summed E-state index contributed by atoms with van der Waals surface area (Å²) in [5.74, 6) is -0.681. The molecule has 0 saturated carbocycles. The molecule has 0 aliphatic carbocycles. The summed E-state index contributed by atoms with van der Waals surface area (Å²) in [6.07, 6.45) is 2.66. The molecule has 0 bridgehead atoms. The predicted octanol–water partition coefficient (Wildman–Crippen LogP) is 1.85. The standard InChI is InChI=1S/C12H10BrN3O2/c13-9-4-6(3-7-5-14-16-11(7)9)8-1-2-10(17)15-12(8)18/h3-5,8H,1-2H2,(H,14,16)(H,15,17,18). The number of halogens is 1. The van der Waals surface area contributed by atoms with E-state index in [1.807, 2.05) is 12.1 Å². The first-order valence-corrected chi connectivity index (χ1v) is 6.40. The number of nitrogens with one attached hydrogen (secondary N) is 2. The number of fused-ring (bicyclic) bond motifs is 1. The summed E-state index contributed by atoms with van der Waals surface area (Å²) in [6.45, 7) is 0. The monoisotopic (exact) mass is 307 g/mol. The fraction of sp³-hybridized carbons (Fsp3) is 0.250. The van der Waals surface area contributed by atoms with E-state index in [1.165, 1.54) is 0 Å². The zero-order valence-corrected chi connectivity index (χ0v) is 11.0. The van der Waals surface area contributed by atoms with Gasteiger partial charge in [-0.25, -0.2) is 0 Å². The molecule has 18 heavy (non-hydrogen) atoms. The van der Waals surface area contributed by atoms with Crippen LogP contribution in [-0.2, 0) is 9.59 Å². The van der Waals surface area contributed by atoms with E-state index in [2.05, 4.69) is 31.4 Å². The molecule has 2 N–H and O–H groups in total. The number of benzene rings is 1. The summed E-state index contributed by atoms with van der Waals surface area (Å²) in [7, 11) is 0. The van der Waals surface area contributed by atoms with E-state index in [-0.39, 0.29) is 17.7 Å². The molecular formula is C12H10BrN3O2. The van der Waals surface area contributed by atoms with Gasteiger partial charge < -0.3 is 0 Å². The number of piperidine rings is 1. The molecule has 1 unspecified atom stereocenters. The third-order valence-electron chi connectivity index (χ3n) is 3.16. The summed E-state index contributed by atoms with van der Waals surface area (Å²) >= 11 is 3.46. The van der Waals surface area contributed by atoms with Crippen molar-refractivity contribution in [3.63, 3.8) is 0 Å². The highest BCUT2D eigenvalue weighted by Gasteiger charge is 2.28. The molecule has 1 fully saturated rings. The van der Waals surface area contributed by atoms with Crippen LogP contribution in [0.4, 0.5) is 0 Å². The number of hydrogen-bond donors (Lipinski definition) is 2. The van der Waals surface area contributed by atoms with Crippen molar-refractivity contribution in [1.29, 1.82) is 0 Å². The molecule has 92 valence electrons. The highest BCUT2D eigenvalue weighted by Crippen LogP contribution is 2.31. The lowest BCUT2D eigenvalue weighted by molar-refractivity contribution is -0.134. The normalized spacial score (nSPS) is 20.2. The van der Waals surface area contributed by atoms with Gasteiger partial charge in [0.1, 0.15) is 0 Å². The molecule has 3 rings (SSSR count). The molecule has 2 aromatic rings. The van der Waals surface area contributed by atoms with Gasteiger partial charge in [0.2, 0.25) is 11.8 Å². The van der Waals surface area contributed by atoms with Crippen molar-refractivity contribution in [3.05, 3.63) is 28.4 Å². The molecule has 1 aliphatic heterocycles. The van der Waals surface area contributed by atoms with E-state index in [9.17, 15) is 9.59 Å². The lowest BCUT2D eigenvalue weighted by Crippen LogP contribution is -2.39. The van der Waals surface area contributed by atoms with Gasteiger partial charge in [-0.1, -0.05) is 0 Å². The molecule has 1 atom stereocenters. The summed E-state index contributed by atoms with van der Waals surface area (Å²) < 4.78 is 0.872. The summed E-state index contributed by atoms with van der Waals surface area (Å²) in [4.78, 5) is 23.0. The number of nitrogens with zero attached hydrogens (tertiary/aromatic N) is 1. The first kappa shape index (κ1) is 11.4. The lowest BCUT2D eigenvalue weighted by Gasteiger charge is -2.21. The molecular weight excluding hydrogens is 298 g/mol. The van der Waals surface area contributed by atoms with Crippen LogP contribution in [0.15, 0.2) is 22.8 Å². The second-order valence-corrected chi connectivity index (χ2v) is 5.19. The van der Waals surface area contributed by atoms with Gasteiger partial charge in [0, 0.05) is 16.3 Å². The topological polar surface area (TPSA) is 74.8 Å². The van der Waals surface area contributed by atoms with Gasteiger partial charge in [-0.2, -0.15) is 5.10 Å². The first-order chi connectivity index (χ1) is 8.65. The largest absolute Gasteiger partial charge is 0.296 e. The fourth-order valence-electron chi connectivity index (χ4n) is 2.25. The molecule has 0 radical (unpaired) electrons. The second-order valence-electron chi connectivity index (χ2n) is 4.34. The fourth-order valence-corrected chi connectivity index (χ4v) is 2.83. The molecule has 2 heterocycles. The predicted molar refractivity (Wildman–Crippen MR) is 68.9 cm³/mol. The van der Waals surface area contributed by atoms with Crippen LogP contribution in [0.5, 0.6) is 0 Å². The van der Waals surface area contributed by atoms with Gasteiger partial charge in [0.05, 0.1) is 17.6 Å². The lowest BCUT2D eigenvalue weighted by atomic mass is 9.90. The minimum atomic E-state index is -0.265. The SMILES string of the molecule is O=C1CCC(c2cc(Br)c3[nH]ncc3c2)C(=O)N1. The second kappa shape index (κ2) is 4.20. The number of aromatic nitrogens is 2. The molecule has 1 aromatic carbocycles. The molecule has 0 spiro atoms. The molecule has 1 saturated heterocycles. The maximum absolute atomic E-state index is 11.8. The number of rotatable bonds is 1. The van der Waals surface area contributed by atoms with E-state index >= 15 is 0 Å². The van der Waals surface area contributed by atoms with Crippen LogP contribution in [0.25, 0.3) is 10.9 Å². The number of amides is 2. The first-order valence-electron chi connectivity index (χ1n) is 5.61. The average Bonchev–Trinajstić information content (AvgIpc) is 2.77. The van der Waals surface area contributed by atoms with E-state index in [1.54, 1.807) is 6.20 Å². The Balaban J connectivity index is 2.03. The molecule has 6 heteroatoms. The molecule has 2 amide bonds. The Morgan fingerprint density at radius 3 is 2.94 bits per heavy atom. The smallest absolute Gasteiger partial charge is 0.234 e. The van der Waals surface area contributed by atoms with Crippen LogP contribution in [-0.4, -0.2) is 22.0 Å². The molecule has 1 aliphatic rings. The van der Waals surface area contributed by atoms with Crippen LogP contribution in [0.1, 0.15) is 24.3 Å². The Bertz CT molecular complexity index is 650. The third-order valence-corrected chi connectivity index (χ3v) is 3.79. The van der Waals surface area contributed by atoms with E-state index < -0.39 is 0 Å². The molecule has 5 nitrogen and oxygen atoms in total. The Kier molecular flexibility index (Phi) is 2.66. The van der Waals surface area contributed by atoms with Crippen molar-refractivity contribution in [3.8, 4) is 0 Å². The summed E-state index contributed by atoms with van der Waals surface area (Å²) in [5.41, 5.74) is 1.81. The van der Waals surface area contributed by atoms with Crippen molar-refractivity contribution in [2.24, 2.45) is 0 Å².